The van der Waals surface area contributed by atoms with E-state index in [2.05, 4.69) is 27.7 Å². The minimum absolute atomic E-state index is 0.398. The first-order valence-corrected chi connectivity index (χ1v) is 8.04. The minimum Gasteiger partial charge on any atom is -0.375 e. The zero-order chi connectivity index (χ0) is 14.3. The van der Waals surface area contributed by atoms with Crippen LogP contribution < -0.4 is 0 Å². The summed E-state index contributed by atoms with van der Waals surface area (Å²) in [5, 5.41) is 0. The Balaban J connectivity index is 0.000000121. The van der Waals surface area contributed by atoms with Gasteiger partial charge >= 0.3 is 0 Å². The van der Waals surface area contributed by atoms with Crippen molar-refractivity contribution in [2.45, 2.75) is 52.1 Å². The molecular formula is C16H28O4. The molecule has 0 bridgehead atoms. The van der Waals surface area contributed by atoms with E-state index in [0.29, 0.717) is 48.1 Å². The molecule has 4 rings (SSSR count). The maximum Gasteiger partial charge on any atom is 0.0887 e. The third-order valence-electron chi connectivity index (χ3n) is 5.10. The summed E-state index contributed by atoms with van der Waals surface area (Å²) >= 11 is 0. The van der Waals surface area contributed by atoms with Crippen molar-refractivity contribution in [1.82, 2.24) is 0 Å². The molecule has 0 aromatic carbocycles. The number of ether oxygens (including phenoxy) is 4. The summed E-state index contributed by atoms with van der Waals surface area (Å²) in [6.07, 6.45) is 1.59. The van der Waals surface area contributed by atoms with Crippen LogP contribution in [0.15, 0.2) is 0 Å². The lowest BCUT2D eigenvalue weighted by atomic mass is 9.99. The van der Waals surface area contributed by atoms with E-state index in [1.807, 2.05) is 0 Å². The molecule has 8 atom stereocenters. The van der Waals surface area contributed by atoms with Crippen LogP contribution in [0.3, 0.4) is 0 Å². The van der Waals surface area contributed by atoms with Gasteiger partial charge in [0.05, 0.1) is 50.8 Å². The van der Waals surface area contributed by atoms with Crippen molar-refractivity contribution in [2.75, 3.05) is 26.4 Å². The summed E-state index contributed by atoms with van der Waals surface area (Å²) in [5.74, 6) is 2.43. The highest BCUT2D eigenvalue weighted by atomic mass is 16.6. The SMILES string of the molecule is C[C@@H]1COC2C1OC[C@@H]2C.C[C@@H]1COC2C1OC[C@H]2C. The third kappa shape index (κ3) is 2.63. The molecule has 0 N–H and O–H groups in total. The molecule has 4 aliphatic rings. The van der Waals surface area contributed by atoms with Crippen LogP contribution in [0.2, 0.25) is 0 Å². The van der Waals surface area contributed by atoms with Gasteiger partial charge in [-0.1, -0.05) is 27.7 Å². The standard InChI is InChI=1S/2C8H14O2/c2*1-5-3-9-8-6(2)4-10-7(5)8/h2*5-8H,3-4H2,1-2H3/t5-,6+,7?,8?;5-,6-,7?,8?/m.1/s1. The van der Waals surface area contributed by atoms with Gasteiger partial charge in [-0.2, -0.15) is 0 Å². The van der Waals surface area contributed by atoms with Gasteiger partial charge < -0.3 is 18.9 Å². The number of rotatable bonds is 0. The van der Waals surface area contributed by atoms with Crippen LogP contribution in [0.25, 0.3) is 0 Å². The second-order valence-corrected chi connectivity index (χ2v) is 7.10. The Morgan fingerprint density at radius 1 is 0.450 bits per heavy atom. The summed E-state index contributed by atoms with van der Waals surface area (Å²) in [6.45, 7) is 12.3. The van der Waals surface area contributed by atoms with Gasteiger partial charge in [0.25, 0.3) is 0 Å². The molecular weight excluding hydrogens is 256 g/mol. The summed E-state index contributed by atoms with van der Waals surface area (Å²) < 4.78 is 22.3. The molecule has 4 unspecified atom stereocenters. The van der Waals surface area contributed by atoms with Crippen molar-refractivity contribution in [3.05, 3.63) is 0 Å². The summed E-state index contributed by atoms with van der Waals surface area (Å²) in [6, 6.07) is 0. The van der Waals surface area contributed by atoms with Gasteiger partial charge in [0.1, 0.15) is 0 Å². The molecule has 0 aliphatic carbocycles. The fourth-order valence-electron chi connectivity index (χ4n) is 3.76. The molecule has 4 heterocycles. The maximum absolute atomic E-state index is 5.58. The van der Waals surface area contributed by atoms with E-state index in [-0.39, 0.29) is 0 Å². The Kier molecular flexibility index (Phi) is 4.37. The topological polar surface area (TPSA) is 36.9 Å². The van der Waals surface area contributed by atoms with E-state index in [0.717, 1.165) is 26.4 Å². The second-order valence-electron chi connectivity index (χ2n) is 7.10. The first-order chi connectivity index (χ1) is 9.58. The molecule has 0 saturated carbocycles. The second kappa shape index (κ2) is 5.91. The highest BCUT2D eigenvalue weighted by Crippen LogP contribution is 2.34. The normalized spacial score (nSPS) is 53.4. The molecule has 4 heteroatoms. The van der Waals surface area contributed by atoms with Gasteiger partial charge in [-0.15, -0.1) is 0 Å². The number of hydrogen-bond acceptors (Lipinski definition) is 4. The number of hydrogen-bond donors (Lipinski definition) is 0. The molecule has 116 valence electrons. The van der Waals surface area contributed by atoms with Crippen LogP contribution in [0, 0.1) is 23.7 Å². The average molecular weight is 284 g/mol. The van der Waals surface area contributed by atoms with E-state index in [9.17, 15) is 0 Å². The largest absolute Gasteiger partial charge is 0.375 e. The van der Waals surface area contributed by atoms with Crippen LogP contribution in [-0.4, -0.2) is 50.8 Å². The molecule has 4 aliphatic heterocycles. The van der Waals surface area contributed by atoms with Crippen molar-refractivity contribution in [1.29, 1.82) is 0 Å². The van der Waals surface area contributed by atoms with Gasteiger partial charge in [0.2, 0.25) is 0 Å². The summed E-state index contributed by atoms with van der Waals surface area (Å²) in [7, 11) is 0. The van der Waals surface area contributed by atoms with E-state index in [4.69, 9.17) is 18.9 Å². The molecule has 4 nitrogen and oxygen atoms in total. The third-order valence-corrected chi connectivity index (χ3v) is 5.10. The molecule has 0 aromatic heterocycles. The zero-order valence-electron chi connectivity index (χ0n) is 13.1. The Morgan fingerprint density at radius 2 is 0.650 bits per heavy atom. The Hall–Kier alpha value is -0.160. The summed E-state index contributed by atoms with van der Waals surface area (Å²) in [5.41, 5.74) is 0. The zero-order valence-corrected chi connectivity index (χ0v) is 13.1. The Bertz CT molecular complexity index is 270. The quantitative estimate of drug-likeness (QED) is 0.683. The molecule has 20 heavy (non-hydrogen) atoms. The lowest BCUT2D eigenvalue weighted by Crippen LogP contribution is -2.23. The Morgan fingerprint density at radius 3 is 0.850 bits per heavy atom. The van der Waals surface area contributed by atoms with Crippen LogP contribution in [0.1, 0.15) is 27.7 Å². The minimum atomic E-state index is 0.398. The first-order valence-electron chi connectivity index (χ1n) is 8.04. The van der Waals surface area contributed by atoms with Gasteiger partial charge in [-0.25, -0.2) is 0 Å². The predicted octanol–water partition coefficient (Wildman–Crippen LogP) is 2.11. The lowest BCUT2D eigenvalue weighted by molar-refractivity contribution is 0.0627. The maximum atomic E-state index is 5.58. The fourth-order valence-corrected chi connectivity index (χ4v) is 3.76. The van der Waals surface area contributed by atoms with E-state index < -0.39 is 0 Å². The Labute approximate surface area is 122 Å². The van der Waals surface area contributed by atoms with E-state index in [1.54, 1.807) is 0 Å². The molecule has 4 saturated heterocycles. The monoisotopic (exact) mass is 284 g/mol. The highest BCUT2D eigenvalue weighted by molar-refractivity contribution is 4.91. The fraction of sp³-hybridized carbons (Fsp3) is 1.00. The molecule has 0 aromatic rings. The average Bonchev–Trinajstić information content (AvgIpc) is 3.13. The molecule has 0 spiro atoms. The van der Waals surface area contributed by atoms with Crippen LogP contribution in [0.5, 0.6) is 0 Å². The van der Waals surface area contributed by atoms with Crippen molar-refractivity contribution >= 4 is 0 Å². The summed E-state index contributed by atoms with van der Waals surface area (Å²) in [4.78, 5) is 0. The predicted molar refractivity (Wildman–Crippen MR) is 75.6 cm³/mol. The van der Waals surface area contributed by atoms with Gasteiger partial charge in [0.15, 0.2) is 0 Å². The van der Waals surface area contributed by atoms with Crippen LogP contribution >= 0.6 is 0 Å². The van der Waals surface area contributed by atoms with E-state index >= 15 is 0 Å². The van der Waals surface area contributed by atoms with Crippen molar-refractivity contribution in [3.63, 3.8) is 0 Å². The van der Waals surface area contributed by atoms with E-state index in [1.165, 1.54) is 0 Å². The van der Waals surface area contributed by atoms with Gasteiger partial charge in [-0.3, -0.25) is 0 Å². The van der Waals surface area contributed by atoms with Gasteiger partial charge in [0, 0.05) is 23.7 Å². The van der Waals surface area contributed by atoms with Crippen molar-refractivity contribution in [3.8, 4) is 0 Å². The highest BCUT2D eigenvalue weighted by Gasteiger charge is 2.44. The first kappa shape index (κ1) is 14.8. The lowest BCUT2D eigenvalue weighted by Gasteiger charge is -2.10. The smallest absolute Gasteiger partial charge is 0.0887 e. The van der Waals surface area contributed by atoms with Crippen LogP contribution in [-0.2, 0) is 18.9 Å². The molecule has 4 fully saturated rings. The molecule has 0 radical (unpaired) electrons. The van der Waals surface area contributed by atoms with Crippen molar-refractivity contribution in [2.24, 2.45) is 23.7 Å². The van der Waals surface area contributed by atoms with Crippen LogP contribution in [0.4, 0.5) is 0 Å². The number of fused-ring (bicyclic) bond motifs is 2. The van der Waals surface area contributed by atoms with Crippen molar-refractivity contribution < 1.29 is 18.9 Å². The molecule has 0 amide bonds. The van der Waals surface area contributed by atoms with Gasteiger partial charge in [-0.05, 0) is 0 Å².